The molecule has 0 aromatic carbocycles. The van der Waals surface area contributed by atoms with Crippen LogP contribution in [0.2, 0.25) is 0 Å². The fourth-order valence-electron chi connectivity index (χ4n) is 6.07. The number of hydrogen-bond acceptors (Lipinski definition) is 9. The number of aliphatic hydroxyl groups is 2. The fraction of sp³-hybridized carbons (Fsp3) is 0.750. The number of nitrogens with two attached hydrogens (primary N) is 1. The summed E-state index contributed by atoms with van der Waals surface area (Å²) in [6.45, 7) is 3.72. The molecule has 262 valence electrons. The summed E-state index contributed by atoms with van der Waals surface area (Å²) < 4.78 is 0. The van der Waals surface area contributed by atoms with Gasteiger partial charge in [0.1, 0.15) is 5.78 Å². The third kappa shape index (κ3) is 16.8. The van der Waals surface area contributed by atoms with Crippen LogP contribution in [0.3, 0.4) is 0 Å². The maximum absolute atomic E-state index is 10.5. The lowest BCUT2D eigenvalue weighted by molar-refractivity contribution is -0.142. The molecule has 14 heteroatoms. The van der Waals surface area contributed by atoms with E-state index in [4.69, 9.17) is 41.5 Å². The molecule has 0 aromatic rings. The molecule has 5 fully saturated rings. The van der Waals surface area contributed by atoms with Gasteiger partial charge in [0.2, 0.25) is 0 Å². The van der Waals surface area contributed by atoms with E-state index in [-0.39, 0.29) is 60.5 Å². The molecule has 0 heterocycles. The summed E-state index contributed by atoms with van der Waals surface area (Å²) in [7, 11) is 0. The molecule has 0 saturated heterocycles. The molecule has 8 atom stereocenters. The van der Waals surface area contributed by atoms with Crippen LogP contribution in [-0.2, 0) is 28.8 Å². The number of carboxylic acids is 5. The van der Waals surface area contributed by atoms with Gasteiger partial charge in [-0.15, -0.1) is 0 Å². The van der Waals surface area contributed by atoms with Crippen LogP contribution in [0.5, 0.6) is 0 Å². The first kappa shape index (κ1) is 40.7. The zero-order chi connectivity index (χ0) is 35.0. The largest absolute Gasteiger partial charge is 0.481 e. The van der Waals surface area contributed by atoms with Crippen molar-refractivity contribution in [2.75, 3.05) is 0 Å². The molecule has 9 N–H and O–H groups in total. The Morgan fingerprint density at radius 1 is 0.609 bits per heavy atom. The molecule has 0 aromatic heterocycles. The maximum atomic E-state index is 10.5. The molecule has 0 radical (unpaired) electrons. The fourth-order valence-corrected chi connectivity index (χ4v) is 6.07. The molecule has 5 aliphatic carbocycles. The predicted octanol–water partition coefficient (Wildman–Crippen LogP) is 2.92. The molecule has 5 rings (SSSR count). The third-order valence-electron chi connectivity index (χ3n) is 8.88. The number of ketones is 1. The molecular formula is C32H51NO13. The van der Waals surface area contributed by atoms with Crippen molar-refractivity contribution in [1.82, 2.24) is 0 Å². The van der Waals surface area contributed by atoms with Gasteiger partial charge in [-0.1, -0.05) is 12.2 Å². The van der Waals surface area contributed by atoms with E-state index in [1.54, 1.807) is 0 Å². The lowest BCUT2D eigenvalue weighted by atomic mass is 10.0. The van der Waals surface area contributed by atoms with Crippen molar-refractivity contribution in [2.45, 2.75) is 121 Å². The van der Waals surface area contributed by atoms with Crippen molar-refractivity contribution in [1.29, 1.82) is 0 Å². The van der Waals surface area contributed by atoms with Crippen LogP contribution in [0.15, 0.2) is 12.2 Å². The highest BCUT2D eigenvalue weighted by molar-refractivity contribution is 5.87. The van der Waals surface area contributed by atoms with Crippen LogP contribution in [0.1, 0.15) is 103 Å². The Morgan fingerprint density at radius 2 is 1.09 bits per heavy atom. The standard InChI is InChI=1S/C7H12O3.C7H10O2.C6H11NO2.C6H10O3.C6H8O3/c8-6-2-1-5(3-6)4-7(9)10;1-5-2-3-6(4-5)7(8)9;3*7-5-2-1-4(3-5)6(8)9/h5-6,8H,1-4H2,(H,9,10);6H,1-4H2,(H,8,9);4-5H,1-3,7H2,(H,8,9);4-5,7H,1-3H2,(H,8,9);4H,1-3H2,(H,8,9)/t5-,6-;6-;2*4-,5-;4-/m01000/s1. The van der Waals surface area contributed by atoms with Crippen LogP contribution in [0.25, 0.3) is 0 Å². The first-order valence-corrected chi connectivity index (χ1v) is 15.9. The lowest BCUT2D eigenvalue weighted by Gasteiger charge is -2.02. The maximum Gasteiger partial charge on any atom is 0.306 e. The van der Waals surface area contributed by atoms with Gasteiger partial charge in [-0.2, -0.15) is 0 Å². The van der Waals surface area contributed by atoms with Gasteiger partial charge in [-0.3, -0.25) is 28.8 Å². The van der Waals surface area contributed by atoms with Crippen LogP contribution in [0, 0.1) is 29.6 Å². The highest BCUT2D eigenvalue weighted by atomic mass is 16.4. The van der Waals surface area contributed by atoms with E-state index in [0.717, 1.165) is 44.1 Å². The first-order chi connectivity index (χ1) is 21.5. The van der Waals surface area contributed by atoms with E-state index in [0.29, 0.717) is 51.4 Å². The zero-order valence-corrected chi connectivity index (χ0v) is 26.3. The molecule has 0 spiro atoms. The van der Waals surface area contributed by atoms with E-state index in [9.17, 15) is 28.8 Å². The summed E-state index contributed by atoms with van der Waals surface area (Å²) in [6, 6.07) is 0.131. The van der Waals surface area contributed by atoms with Crippen molar-refractivity contribution in [3.05, 3.63) is 12.2 Å². The number of carboxylic acid groups (broad SMARTS) is 5. The molecule has 0 amide bonds. The van der Waals surface area contributed by atoms with Crippen molar-refractivity contribution in [3.8, 4) is 0 Å². The summed E-state index contributed by atoms with van der Waals surface area (Å²) in [4.78, 5) is 61.7. The van der Waals surface area contributed by atoms with Gasteiger partial charge in [0.25, 0.3) is 0 Å². The number of rotatable bonds is 6. The summed E-state index contributed by atoms with van der Waals surface area (Å²) in [5.41, 5.74) is 6.59. The molecule has 14 nitrogen and oxygen atoms in total. The van der Waals surface area contributed by atoms with Crippen LogP contribution in [-0.4, -0.2) is 89.6 Å². The Bertz CT molecular complexity index is 995. The molecule has 0 unspecified atom stereocenters. The van der Waals surface area contributed by atoms with E-state index in [2.05, 4.69) is 6.58 Å². The second-order valence-electron chi connectivity index (χ2n) is 12.9. The number of allylic oxidation sites excluding steroid dienone is 1. The number of Topliss-reactive ketones (excluding diaryl/α,β-unsaturated/α-hetero) is 1. The Labute approximate surface area is 268 Å². The van der Waals surface area contributed by atoms with Crippen LogP contribution in [0.4, 0.5) is 0 Å². The monoisotopic (exact) mass is 657 g/mol. The minimum Gasteiger partial charge on any atom is -0.481 e. The Kier molecular flexibility index (Phi) is 18.3. The van der Waals surface area contributed by atoms with E-state index < -0.39 is 35.8 Å². The van der Waals surface area contributed by atoms with Gasteiger partial charge in [-0.05, 0) is 89.4 Å². The molecule has 0 bridgehead atoms. The van der Waals surface area contributed by atoms with Crippen molar-refractivity contribution in [2.24, 2.45) is 35.3 Å². The number of aliphatic carboxylic acids is 5. The van der Waals surface area contributed by atoms with Crippen molar-refractivity contribution in [3.63, 3.8) is 0 Å². The first-order valence-electron chi connectivity index (χ1n) is 15.9. The summed E-state index contributed by atoms with van der Waals surface area (Å²) in [5, 5.41) is 60.0. The molecule has 5 aliphatic rings. The predicted molar refractivity (Wildman–Crippen MR) is 164 cm³/mol. The summed E-state index contributed by atoms with van der Waals surface area (Å²) in [5.74, 6) is -4.41. The molecule has 5 saturated carbocycles. The van der Waals surface area contributed by atoms with Gasteiger partial charge in [-0.25, -0.2) is 0 Å². The van der Waals surface area contributed by atoms with Gasteiger partial charge >= 0.3 is 29.8 Å². The Balaban J connectivity index is 0.000000288. The van der Waals surface area contributed by atoms with E-state index >= 15 is 0 Å². The second-order valence-corrected chi connectivity index (χ2v) is 12.9. The quantitative estimate of drug-likeness (QED) is 0.191. The topological polar surface area (TPSA) is 270 Å². The van der Waals surface area contributed by atoms with E-state index in [1.807, 2.05) is 0 Å². The van der Waals surface area contributed by atoms with E-state index in [1.165, 1.54) is 0 Å². The lowest BCUT2D eigenvalue weighted by Crippen LogP contribution is -2.17. The van der Waals surface area contributed by atoms with Gasteiger partial charge in [0.15, 0.2) is 0 Å². The minimum absolute atomic E-state index is 0.0856. The highest BCUT2D eigenvalue weighted by Gasteiger charge is 2.29. The normalized spacial score (nSPS) is 31.1. The number of hydrogen-bond donors (Lipinski definition) is 8. The second kappa shape index (κ2) is 20.7. The average molecular weight is 658 g/mol. The number of carbonyl (C=O) groups excluding carboxylic acids is 1. The minimum atomic E-state index is -0.833. The van der Waals surface area contributed by atoms with Gasteiger partial charge in [0.05, 0.1) is 35.9 Å². The zero-order valence-electron chi connectivity index (χ0n) is 26.3. The highest BCUT2D eigenvalue weighted by Crippen LogP contribution is 2.29. The van der Waals surface area contributed by atoms with Crippen LogP contribution < -0.4 is 5.73 Å². The molecule has 0 aliphatic heterocycles. The summed E-state index contributed by atoms with van der Waals surface area (Å²) >= 11 is 0. The van der Waals surface area contributed by atoms with Gasteiger partial charge < -0.3 is 41.5 Å². The molecule has 46 heavy (non-hydrogen) atoms. The number of carbonyl (C=O) groups is 6. The summed E-state index contributed by atoms with van der Waals surface area (Å²) in [6.07, 6.45) is 9.55. The van der Waals surface area contributed by atoms with Crippen molar-refractivity contribution >= 4 is 35.6 Å². The molecular weight excluding hydrogens is 606 g/mol. The average Bonchev–Trinajstić information content (AvgIpc) is 3.79. The van der Waals surface area contributed by atoms with Gasteiger partial charge in [0, 0.05) is 25.3 Å². The third-order valence-corrected chi connectivity index (χ3v) is 8.88. The number of aliphatic hydroxyl groups excluding tert-OH is 2. The Morgan fingerprint density at radius 3 is 1.35 bits per heavy atom. The SMILES string of the molecule is C=C1CC[C@@H](C(=O)O)C1.N[C@H]1CC[C@H](C(=O)O)C1.O=C(O)C[C@H]1CC[C@H](O)C1.O=C(O)[C@H]1CC[C@H](O)C1.O=C1CC[C@H](C(=O)O)C1. The Hall–Kier alpha value is -3.36. The van der Waals surface area contributed by atoms with Crippen LogP contribution >= 0.6 is 0 Å². The smallest absolute Gasteiger partial charge is 0.306 e. The van der Waals surface area contributed by atoms with Crippen molar-refractivity contribution < 1.29 is 64.5 Å².